The van der Waals surface area contributed by atoms with Gasteiger partial charge in [-0.25, -0.2) is 4.79 Å². The van der Waals surface area contributed by atoms with E-state index in [1.165, 1.54) is 25.5 Å². The van der Waals surface area contributed by atoms with E-state index >= 15 is 0 Å². The Balaban J connectivity index is 1.73. The molecule has 0 saturated carbocycles. The van der Waals surface area contributed by atoms with Crippen LogP contribution in [0.5, 0.6) is 0 Å². The molecule has 1 fully saturated rings. The normalized spacial score (nSPS) is 20.6. The monoisotopic (exact) mass is 337 g/mol. The zero-order valence-corrected chi connectivity index (χ0v) is 15.0. The second kappa shape index (κ2) is 8.53. The van der Waals surface area contributed by atoms with Gasteiger partial charge in [-0.15, -0.1) is 0 Å². The molecule has 2 atom stereocenters. The summed E-state index contributed by atoms with van der Waals surface area (Å²) in [5, 5.41) is 15.5. The van der Waals surface area contributed by atoms with Crippen LogP contribution in [0.15, 0.2) is 22.8 Å². The van der Waals surface area contributed by atoms with Crippen molar-refractivity contribution in [3.8, 4) is 0 Å². The highest BCUT2D eigenvalue weighted by atomic mass is 16.4. The predicted molar refractivity (Wildman–Crippen MR) is 93.7 cm³/mol. The van der Waals surface area contributed by atoms with Gasteiger partial charge in [-0.1, -0.05) is 13.3 Å². The molecule has 2 unspecified atom stereocenters. The molecule has 6 nitrogen and oxygen atoms in total. The van der Waals surface area contributed by atoms with Gasteiger partial charge < -0.3 is 20.2 Å². The molecular formula is C18H31N3O3. The second-order valence-electron chi connectivity index (χ2n) is 7.27. The van der Waals surface area contributed by atoms with Crippen molar-refractivity contribution in [3.05, 3.63) is 24.2 Å². The number of piperidine rings is 1. The maximum Gasteiger partial charge on any atom is 0.314 e. The highest BCUT2D eigenvalue weighted by Gasteiger charge is 2.31. The van der Waals surface area contributed by atoms with Crippen LogP contribution in [0, 0.1) is 5.92 Å². The van der Waals surface area contributed by atoms with E-state index in [0.29, 0.717) is 12.3 Å². The van der Waals surface area contributed by atoms with Crippen LogP contribution in [-0.4, -0.2) is 47.8 Å². The van der Waals surface area contributed by atoms with E-state index in [0.717, 1.165) is 19.0 Å². The minimum Gasteiger partial charge on any atom is -0.467 e. The van der Waals surface area contributed by atoms with E-state index < -0.39 is 6.10 Å². The van der Waals surface area contributed by atoms with Gasteiger partial charge in [0.1, 0.15) is 11.9 Å². The van der Waals surface area contributed by atoms with Crippen LogP contribution in [0.1, 0.15) is 51.9 Å². The van der Waals surface area contributed by atoms with Crippen LogP contribution >= 0.6 is 0 Å². The highest BCUT2D eigenvalue weighted by Crippen LogP contribution is 2.25. The van der Waals surface area contributed by atoms with Crippen molar-refractivity contribution in [2.75, 3.05) is 26.2 Å². The van der Waals surface area contributed by atoms with Gasteiger partial charge in [0.2, 0.25) is 0 Å². The maximum atomic E-state index is 12.0. The smallest absolute Gasteiger partial charge is 0.314 e. The molecule has 136 valence electrons. The molecule has 2 heterocycles. The molecule has 1 saturated heterocycles. The zero-order chi connectivity index (χ0) is 17.6. The molecule has 1 aromatic heterocycles. The molecule has 2 amide bonds. The molecule has 24 heavy (non-hydrogen) atoms. The molecule has 0 aliphatic carbocycles. The first-order valence-corrected chi connectivity index (χ1v) is 8.90. The summed E-state index contributed by atoms with van der Waals surface area (Å²) < 4.78 is 5.11. The number of urea groups is 1. The van der Waals surface area contributed by atoms with Crippen LogP contribution < -0.4 is 10.6 Å². The molecule has 2 rings (SSSR count). The highest BCUT2D eigenvalue weighted by molar-refractivity contribution is 5.73. The van der Waals surface area contributed by atoms with Gasteiger partial charge in [-0.2, -0.15) is 0 Å². The number of aliphatic hydroxyl groups is 1. The standard InChI is InChI=1S/C18H31N3O3/c1-4-14-7-5-9-21(12-14)18(2,3)13-20-17(23)19-11-15(22)16-8-6-10-24-16/h6,8,10,14-15,22H,4-5,7,9,11-13H2,1-3H3,(H2,19,20,23). The lowest BCUT2D eigenvalue weighted by Crippen LogP contribution is -2.56. The van der Waals surface area contributed by atoms with Gasteiger partial charge in [0, 0.05) is 18.6 Å². The lowest BCUT2D eigenvalue weighted by Gasteiger charge is -2.43. The third-order valence-electron chi connectivity index (χ3n) is 4.96. The quantitative estimate of drug-likeness (QED) is 0.714. The molecule has 0 radical (unpaired) electrons. The summed E-state index contributed by atoms with van der Waals surface area (Å²) in [6.07, 6.45) is 4.42. The van der Waals surface area contributed by atoms with Crippen molar-refractivity contribution in [1.82, 2.24) is 15.5 Å². The van der Waals surface area contributed by atoms with E-state index in [9.17, 15) is 9.90 Å². The summed E-state index contributed by atoms with van der Waals surface area (Å²) in [7, 11) is 0. The fraction of sp³-hybridized carbons (Fsp3) is 0.722. The van der Waals surface area contributed by atoms with Gasteiger partial charge in [0.05, 0.1) is 12.8 Å². The number of nitrogens with zero attached hydrogens (tertiary/aromatic N) is 1. The second-order valence-corrected chi connectivity index (χ2v) is 7.27. The van der Waals surface area contributed by atoms with Crippen molar-refractivity contribution in [2.45, 2.75) is 51.7 Å². The van der Waals surface area contributed by atoms with Gasteiger partial charge in [0.15, 0.2) is 0 Å². The Bertz CT molecular complexity index is 502. The van der Waals surface area contributed by atoms with Crippen molar-refractivity contribution in [1.29, 1.82) is 0 Å². The van der Waals surface area contributed by atoms with E-state index in [2.05, 4.69) is 36.3 Å². The summed E-state index contributed by atoms with van der Waals surface area (Å²) in [5.41, 5.74) is -0.0786. The van der Waals surface area contributed by atoms with E-state index in [1.54, 1.807) is 12.1 Å². The third-order valence-corrected chi connectivity index (χ3v) is 4.96. The van der Waals surface area contributed by atoms with Gasteiger partial charge in [-0.05, 0) is 51.3 Å². The van der Waals surface area contributed by atoms with Crippen molar-refractivity contribution >= 4 is 6.03 Å². The fourth-order valence-corrected chi connectivity index (χ4v) is 3.19. The lowest BCUT2D eigenvalue weighted by molar-refractivity contribution is 0.0664. The zero-order valence-electron chi connectivity index (χ0n) is 15.0. The Morgan fingerprint density at radius 1 is 1.50 bits per heavy atom. The molecule has 0 bridgehead atoms. The number of hydrogen-bond acceptors (Lipinski definition) is 4. The predicted octanol–water partition coefficient (Wildman–Crippen LogP) is 2.51. The van der Waals surface area contributed by atoms with Crippen LogP contribution in [0.4, 0.5) is 4.79 Å². The van der Waals surface area contributed by atoms with Crippen molar-refractivity contribution < 1.29 is 14.3 Å². The molecule has 0 spiro atoms. The molecular weight excluding hydrogens is 306 g/mol. The Hall–Kier alpha value is -1.53. The van der Waals surface area contributed by atoms with Gasteiger partial charge >= 0.3 is 6.03 Å². The average molecular weight is 337 g/mol. The molecule has 1 aromatic rings. The summed E-state index contributed by atoms with van der Waals surface area (Å²) in [4.78, 5) is 14.5. The first kappa shape index (κ1) is 18.8. The number of amides is 2. The van der Waals surface area contributed by atoms with E-state index in [1.807, 2.05) is 0 Å². The van der Waals surface area contributed by atoms with Crippen molar-refractivity contribution in [3.63, 3.8) is 0 Å². The summed E-state index contributed by atoms with van der Waals surface area (Å²) in [6.45, 7) is 9.48. The lowest BCUT2D eigenvalue weighted by atomic mass is 9.91. The number of carbonyl (C=O) groups is 1. The number of rotatable bonds is 7. The van der Waals surface area contributed by atoms with Gasteiger partial charge in [0.25, 0.3) is 0 Å². The number of furan rings is 1. The number of aliphatic hydroxyl groups excluding tert-OH is 1. The fourth-order valence-electron chi connectivity index (χ4n) is 3.19. The number of likely N-dealkylation sites (tertiary alicyclic amines) is 1. The Morgan fingerprint density at radius 2 is 2.29 bits per heavy atom. The molecule has 1 aliphatic rings. The first-order chi connectivity index (χ1) is 11.4. The summed E-state index contributed by atoms with van der Waals surface area (Å²) >= 11 is 0. The van der Waals surface area contributed by atoms with Crippen LogP contribution in [0.25, 0.3) is 0 Å². The molecule has 3 N–H and O–H groups in total. The topological polar surface area (TPSA) is 77.7 Å². The minimum atomic E-state index is -0.828. The first-order valence-electron chi connectivity index (χ1n) is 8.90. The Morgan fingerprint density at radius 3 is 2.96 bits per heavy atom. The van der Waals surface area contributed by atoms with Crippen LogP contribution in [0.3, 0.4) is 0 Å². The average Bonchev–Trinajstić information content (AvgIpc) is 3.12. The Labute approximate surface area is 144 Å². The van der Waals surface area contributed by atoms with Crippen molar-refractivity contribution in [2.24, 2.45) is 5.92 Å². The Kier molecular flexibility index (Phi) is 6.69. The number of carbonyl (C=O) groups excluding carboxylic acids is 1. The maximum absolute atomic E-state index is 12.0. The van der Waals surface area contributed by atoms with Crippen LogP contribution in [0.2, 0.25) is 0 Å². The number of nitrogens with one attached hydrogen (secondary N) is 2. The SMILES string of the molecule is CCC1CCCN(C(C)(C)CNC(=O)NCC(O)c2ccco2)C1. The van der Waals surface area contributed by atoms with E-state index in [4.69, 9.17) is 4.42 Å². The summed E-state index contributed by atoms with van der Waals surface area (Å²) in [6, 6.07) is 3.13. The molecule has 1 aliphatic heterocycles. The number of hydrogen-bond donors (Lipinski definition) is 3. The summed E-state index contributed by atoms with van der Waals surface area (Å²) in [5.74, 6) is 1.21. The van der Waals surface area contributed by atoms with E-state index in [-0.39, 0.29) is 18.1 Å². The van der Waals surface area contributed by atoms with Crippen LogP contribution in [-0.2, 0) is 0 Å². The van der Waals surface area contributed by atoms with Gasteiger partial charge in [-0.3, -0.25) is 4.90 Å². The minimum absolute atomic E-state index is 0.0786. The third kappa shape index (κ3) is 5.24. The largest absolute Gasteiger partial charge is 0.467 e. The molecule has 0 aromatic carbocycles. The molecule has 6 heteroatoms.